The number of aromatic amines is 2. The van der Waals surface area contributed by atoms with Crippen LogP contribution in [0.15, 0.2) is 9.59 Å². The minimum atomic E-state index is -0.451. The van der Waals surface area contributed by atoms with Crippen molar-refractivity contribution in [1.29, 1.82) is 0 Å². The predicted octanol–water partition coefficient (Wildman–Crippen LogP) is -1.37. The maximum Gasteiger partial charge on any atom is 0.327 e. The molecule has 3 heterocycles. The fraction of sp³-hybridized carbons (Fsp3) is 0.333. The smallest absolute Gasteiger partial charge is 0.327 e. The Balaban J connectivity index is 2.38. The van der Waals surface area contributed by atoms with Crippen molar-refractivity contribution < 1.29 is 0 Å². The van der Waals surface area contributed by atoms with Gasteiger partial charge in [-0.15, -0.1) is 0 Å². The van der Waals surface area contributed by atoms with Crippen LogP contribution in [0.25, 0.3) is 0 Å². The highest BCUT2D eigenvalue weighted by atomic mass is 16.2. The van der Waals surface area contributed by atoms with Gasteiger partial charge in [-0.1, -0.05) is 0 Å². The number of H-pyrrole nitrogens is 2. The molecule has 1 atom stereocenters. The van der Waals surface area contributed by atoms with Crippen LogP contribution in [0, 0.1) is 0 Å². The molecular formula is C6H6N4O2. The van der Waals surface area contributed by atoms with Crippen LogP contribution in [-0.2, 0) is 0 Å². The molecule has 62 valence electrons. The van der Waals surface area contributed by atoms with Crippen molar-refractivity contribution in [2.24, 2.45) is 0 Å². The van der Waals surface area contributed by atoms with Gasteiger partial charge in [-0.2, -0.15) is 0 Å². The zero-order valence-electron chi connectivity index (χ0n) is 6.05. The van der Waals surface area contributed by atoms with Gasteiger partial charge < -0.3 is 10.2 Å². The second-order valence-electron chi connectivity index (χ2n) is 2.94. The summed E-state index contributed by atoms with van der Waals surface area (Å²) in [5.74, 6) is 0.619. The summed E-state index contributed by atoms with van der Waals surface area (Å²) in [6.07, 6.45) is 0.221. The van der Waals surface area contributed by atoms with Crippen LogP contribution in [-0.4, -0.2) is 22.7 Å². The summed E-state index contributed by atoms with van der Waals surface area (Å²) in [6.45, 7) is 0.867. The van der Waals surface area contributed by atoms with E-state index in [0.717, 1.165) is 6.54 Å². The third-order valence-corrected chi connectivity index (χ3v) is 2.13. The third kappa shape index (κ3) is 0.549. The van der Waals surface area contributed by atoms with Crippen LogP contribution in [0.2, 0.25) is 0 Å². The number of hydrogen-bond acceptors (Lipinski definition) is 4. The highest BCUT2D eigenvalue weighted by molar-refractivity contribution is 5.76. The molecule has 1 aromatic heterocycles. The molecule has 1 fully saturated rings. The Morgan fingerprint density at radius 2 is 2.17 bits per heavy atom. The zero-order chi connectivity index (χ0) is 8.29. The average Bonchev–Trinajstić information content (AvgIpc) is 2.68. The Bertz CT molecular complexity index is 459. The first-order chi connectivity index (χ1) is 5.75. The third-order valence-electron chi connectivity index (χ3n) is 2.13. The van der Waals surface area contributed by atoms with Gasteiger partial charge in [0.1, 0.15) is 17.7 Å². The minimum Gasteiger partial charge on any atom is -0.356 e. The van der Waals surface area contributed by atoms with Crippen molar-refractivity contribution in [1.82, 2.24) is 9.97 Å². The Morgan fingerprint density at radius 1 is 1.33 bits per heavy atom. The molecule has 0 aromatic carbocycles. The zero-order valence-corrected chi connectivity index (χ0v) is 6.05. The first kappa shape index (κ1) is 5.87. The Kier molecular flexibility index (Phi) is 0.757. The monoisotopic (exact) mass is 166 g/mol. The van der Waals surface area contributed by atoms with Crippen LogP contribution in [0.3, 0.4) is 0 Å². The van der Waals surface area contributed by atoms with Crippen LogP contribution in [0.5, 0.6) is 0 Å². The fourth-order valence-corrected chi connectivity index (χ4v) is 1.50. The van der Waals surface area contributed by atoms with E-state index in [1.165, 1.54) is 0 Å². The predicted molar refractivity (Wildman–Crippen MR) is 42.4 cm³/mol. The molecule has 0 saturated carbocycles. The average molecular weight is 166 g/mol. The van der Waals surface area contributed by atoms with Crippen LogP contribution >= 0.6 is 0 Å². The van der Waals surface area contributed by atoms with Gasteiger partial charge in [0, 0.05) is 0 Å². The SMILES string of the molecule is O=c1[nH]c2c(c(=O)[nH]1)N[C@@H]1CN21. The summed E-state index contributed by atoms with van der Waals surface area (Å²) in [5.41, 5.74) is -0.320. The number of hydrogen-bond donors (Lipinski definition) is 3. The van der Waals surface area contributed by atoms with Gasteiger partial charge in [0.15, 0.2) is 0 Å². The minimum absolute atomic E-state index is 0.221. The number of anilines is 2. The highest BCUT2D eigenvalue weighted by Crippen LogP contribution is 2.36. The topological polar surface area (TPSA) is 80.8 Å². The van der Waals surface area contributed by atoms with Crippen molar-refractivity contribution in [3.8, 4) is 0 Å². The van der Waals surface area contributed by atoms with Crippen molar-refractivity contribution >= 4 is 11.5 Å². The van der Waals surface area contributed by atoms with E-state index in [9.17, 15) is 9.59 Å². The van der Waals surface area contributed by atoms with Gasteiger partial charge in [0.25, 0.3) is 5.56 Å². The molecule has 2 aliphatic heterocycles. The Hall–Kier alpha value is -1.72. The van der Waals surface area contributed by atoms with Gasteiger partial charge in [0.05, 0.1) is 6.54 Å². The summed E-state index contributed by atoms with van der Waals surface area (Å²) in [6, 6.07) is 0. The molecule has 12 heavy (non-hydrogen) atoms. The van der Waals surface area contributed by atoms with Crippen molar-refractivity contribution in [3.05, 3.63) is 20.8 Å². The summed E-state index contributed by atoms with van der Waals surface area (Å²) in [5, 5.41) is 2.98. The summed E-state index contributed by atoms with van der Waals surface area (Å²) >= 11 is 0. The van der Waals surface area contributed by atoms with E-state index in [2.05, 4.69) is 15.3 Å². The number of fused-ring (bicyclic) bond motifs is 3. The van der Waals surface area contributed by atoms with E-state index in [4.69, 9.17) is 0 Å². The maximum atomic E-state index is 11.1. The molecule has 6 heteroatoms. The molecule has 1 aromatic rings. The van der Waals surface area contributed by atoms with Gasteiger partial charge >= 0.3 is 5.69 Å². The van der Waals surface area contributed by atoms with E-state index in [1.807, 2.05) is 4.90 Å². The van der Waals surface area contributed by atoms with Crippen LogP contribution in [0.4, 0.5) is 11.5 Å². The molecule has 1 saturated heterocycles. The molecule has 6 nitrogen and oxygen atoms in total. The molecule has 0 amide bonds. The van der Waals surface area contributed by atoms with Gasteiger partial charge in [-0.3, -0.25) is 14.8 Å². The molecule has 3 N–H and O–H groups in total. The Labute approximate surface area is 66.2 Å². The highest BCUT2D eigenvalue weighted by Gasteiger charge is 2.43. The van der Waals surface area contributed by atoms with Gasteiger partial charge in [0.2, 0.25) is 0 Å². The largest absolute Gasteiger partial charge is 0.356 e. The summed E-state index contributed by atoms with van der Waals surface area (Å²) in [4.78, 5) is 28.6. The maximum absolute atomic E-state index is 11.1. The van der Waals surface area contributed by atoms with Crippen molar-refractivity contribution in [2.45, 2.75) is 6.17 Å². The van der Waals surface area contributed by atoms with Gasteiger partial charge in [-0.05, 0) is 0 Å². The lowest BCUT2D eigenvalue weighted by atomic mass is 10.4. The number of rotatable bonds is 0. The standard InChI is InChI=1S/C6H6N4O2/c11-5-3-4(8-6(12)9-5)10-1-2(10)7-3/h2,7H,1H2,(H2,8,9,11,12)/t2-,10?/m0/s1. The van der Waals surface area contributed by atoms with E-state index in [1.54, 1.807) is 0 Å². The van der Waals surface area contributed by atoms with E-state index < -0.39 is 5.69 Å². The lowest BCUT2D eigenvalue weighted by Gasteiger charge is -1.99. The van der Waals surface area contributed by atoms with Crippen molar-refractivity contribution in [3.63, 3.8) is 0 Å². The lowest BCUT2D eigenvalue weighted by Crippen LogP contribution is -2.24. The first-order valence-electron chi connectivity index (χ1n) is 3.65. The van der Waals surface area contributed by atoms with Crippen LogP contribution < -0.4 is 21.5 Å². The molecule has 3 rings (SSSR count). The number of aromatic nitrogens is 2. The molecular weight excluding hydrogens is 160 g/mol. The normalized spacial score (nSPS) is 23.0. The summed E-state index contributed by atoms with van der Waals surface area (Å²) < 4.78 is 0. The second kappa shape index (κ2) is 1.55. The van der Waals surface area contributed by atoms with E-state index in [-0.39, 0.29) is 11.7 Å². The fourth-order valence-electron chi connectivity index (χ4n) is 1.50. The molecule has 2 aliphatic rings. The second-order valence-corrected chi connectivity index (χ2v) is 2.94. The summed E-state index contributed by atoms with van der Waals surface area (Å²) in [7, 11) is 0. The van der Waals surface area contributed by atoms with Gasteiger partial charge in [-0.25, -0.2) is 4.79 Å². The van der Waals surface area contributed by atoms with E-state index in [0.29, 0.717) is 11.5 Å². The molecule has 0 unspecified atom stereocenters. The quantitative estimate of drug-likeness (QED) is 0.415. The molecule has 0 spiro atoms. The molecule has 0 aliphatic carbocycles. The molecule has 0 radical (unpaired) electrons. The van der Waals surface area contributed by atoms with Crippen LogP contribution in [0.1, 0.15) is 0 Å². The van der Waals surface area contributed by atoms with Crippen molar-refractivity contribution in [2.75, 3.05) is 16.8 Å². The molecule has 0 bridgehead atoms. The Morgan fingerprint density at radius 3 is 3.00 bits per heavy atom. The lowest BCUT2D eigenvalue weighted by molar-refractivity contribution is 1.04. The van der Waals surface area contributed by atoms with E-state index >= 15 is 0 Å². The number of nitrogens with zero attached hydrogens (tertiary/aromatic N) is 1. The number of nitrogens with one attached hydrogen (secondary N) is 3. The first-order valence-corrected chi connectivity index (χ1v) is 3.65.